The molecule has 3 N–H and O–H groups in total. The predicted molar refractivity (Wildman–Crippen MR) is 94.3 cm³/mol. The molecule has 0 spiro atoms. The molecule has 0 fully saturated rings. The lowest BCUT2D eigenvalue weighted by molar-refractivity contribution is -0.122. The number of rotatable bonds is 8. The van der Waals surface area contributed by atoms with Crippen molar-refractivity contribution < 1.29 is 9.53 Å². The molecule has 0 bridgehead atoms. The number of hydrogen-bond donors (Lipinski definition) is 2. The van der Waals surface area contributed by atoms with Gasteiger partial charge in [-0.3, -0.25) is 4.79 Å². The number of hydrogen-bond acceptors (Lipinski definition) is 3. The van der Waals surface area contributed by atoms with Crippen LogP contribution in [-0.2, 0) is 16.1 Å². The number of carbonyl (C=O) groups excluding carboxylic acids is 1. The number of nitrogens with one attached hydrogen (secondary N) is 1. The van der Waals surface area contributed by atoms with Gasteiger partial charge in [0.1, 0.15) is 0 Å². The Bertz CT molecular complexity index is 564. The number of ether oxygens (including phenoxy) is 1. The molecule has 0 saturated heterocycles. The van der Waals surface area contributed by atoms with E-state index in [1.807, 2.05) is 60.7 Å². The van der Waals surface area contributed by atoms with Crippen LogP contribution in [0.3, 0.4) is 0 Å². The minimum absolute atomic E-state index is 0. The number of carbonyl (C=O) groups is 1. The summed E-state index contributed by atoms with van der Waals surface area (Å²) in [5, 5.41) is 2.84. The largest absolute Gasteiger partial charge is 0.376 e. The van der Waals surface area contributed by atoms with Crippen molar-refractivity contribution in [2.75, 3.05) is 13.2 Å². The summed E-state index contributed by atoms with van der Waals surface area (Å²) in [6.07, 6.45) is 0.342. The van der Waals surface area contributed by atoms with E-state index in [9.17, 15) is 4.79 Å². The van der Waals surface area contributed by atoms with Gasteiger partial charge in [0.15, 0.2) is 0 Å². The van der Waals surface area contributed by atoms with Crippen LogP contribution in [0.15, 0.2) is 60.7 Å². The summed E-state index contributed by atoms with van der Waals surface area (Å²) in [4.78, 5) is 11.7. The molecule has 5 heteroatoms. The molecule has 2 aromatic carbocycles. The SMILES string of the molecule is Cl.NC(CNC(=O)CCOCc1ccccc1)c1ccccc1. The summed E-state index contributed by atoms with van der Waals surface area (Å²) in [5.41, 5.74) is 8.15. The van der Waals surface area contributed by atoms with Crippen LogP contribution >= 0.6 is 12.4 Å². The smallest absolute Gasteiger partial charge is 0.222 e. The molecule has 2 rings (SSSR count). The zero-order valence-electron chi connectivity index (χ0n) is 13.0. The molecule has 0 radical (unpaired) electrons. The van der Waals surface area contributed by atoms with Crippen molar-refractivity contribution in [3.05, 3.63) is 71.8 Å². The summed E-state index contributed by atoms with van der Waals surface area (Å²) >= 11 is 0. The highest BCUT2D eigenvalue weighted by atomic mass is 35.5. The molecule has 1 unspecified atom stereocenters. The normalized spacial score (nSPS) is 11.3. The Hall–Kier alpha value is -1.88. The fourth-order valence-electron chi connectivity index (χ4n) is 2.06. The van der Waals surface area contributed by atoms with Crippen molar-refractivity contribution >= 4 is 18.3 Å². The van der Waals surface area contributed by atoms with Gasteiger partial charge in [-0.1, -0.05) is 60.7 Å². The first-order valence-electron chi connectivity index (χ1n) is 7.44. The van der Waals surface area contributed by atoms with Gasteiger partial charge >= 0.3 is 0 Å². The Morgan fingerprint density at radius 3 is 2.30 bits per heavy atom. The van der Waals surface area contributed by atoms with E-state index in [2.05, 4.69) is 5.32 Å². The van der Waals surface area contributed by atoms with Crippen molar-refractivity contribution in [1.29, 1.82) is 0 Å². The number of nitrogens with two attached hydrogens (primary N) is 1. The Labute approximate surface area is 143 Å². The molecule has 0 aliphatic rings. The molecule has 0 saturated carbocycles. The van der Waals surface area contributed by atoms with Gasteiger partial charge in [-0.05, 0) is 11.1 Å². The maximum absolute atomic E-state index is 11.7. The van der Waals surface area contributed by atoms with Gasteiger partial charge in [0, 0.05) is 19.0 Å². The highest BCUT2D eigenvalue weighted by Gasteiger charge is 2.07. The van der Waals surface area contributed by atoms with E-state index in [1.165, 1.54) is 0 Å². The van der Waals surface area contributed by atoms with E-state index in [4.69, 9.17) is 10.5 Å². The Kier molecular flexibility index (Phi) is 8.98. The summed E-state index contributed by atoms with van der Waals surface area (Å²) in [6.45, 7) is 1.36. The average molecular weight is 335 g/mol. The first-order valence-corrected chi connectivity index (χ1v) is 7.44. The van der Waals surface area contributed by atoms with Gasteiger partial charge in [-0.2, -0.15) is 0 Å². The molecule has 23 heavy (non-hydrogen) atoms. The van der Waals surface area contributed by atoms with Crippen molar-refractivity contribution in [1.82, 2.24) is 5.32 Å². The third-order valence-electron chi connectivity index (χ3n) is 3.33. The predicted octanol–water partition coefficient (Wildman–Crippen LogP) is 2.83. The van der Waals surface area contributed by atoms with Crippen LogP contribution in [-0.4, -0.2) is 19.1 Å². The molecule has 2 aromatic rings. The quantitative estimate of drug-likeness (QED) is 0.730. The fourth-order valence-corrected chi connectivity index (χ4v) is 2.06. The second-order valence-electron chi connectivity index (χ2n) is 5.11. The summed E-state index contributed by atoms with van der Waals surface area (Å²) in [6, 6.07) is 19.5. The molecular formula is C18H23ClN2O2. The van der Waals surface area contributed by atoms with Gasteiger partial charge in [-0.15, -0.1) is 12.4 Å². The Morgan fingerprint density at radius 2 is 1.65 bits per heavy atom. The average Bonchev–Trinajstić information content (AvgIpc) is 2.58. The minimum atomic E-state index is -0.185. The van der Waals surface area contributed by atoms with Crippen LogP contribution < -0.4 is 11.1 Å². The second kappa shape index (κ2) is 10.8. The lowest BCUT2D eigenvalue weighted by Gasteiger charge is -2.13. The summed E-state index contributed by atoms with van der Waals surface area (Å²) < 4.78 is 5.49. The third kappa shape index (κ3) is 7.28. The summed E-state index contributed by atoms with van der Waals surface area (Å²) in [5.74, 6) is -0.0422. The molecular weight excluding hydrogens is 312 g/mol. The minimum Gasteiger partial charge on any atom is -0.376 e. The molecule has 124 valence electrons. The van der Waals surface area contributed by atoms with Gasteiger partial charge in [0.05, 0.1) is 13.2 Å². The van der Waals surface area contributed by atoms with Gasteiger partial charge in [-0.25, -0.2) is 0 Å². The standard InChI is InChI=1S/C18H22N2O2.ClH/c19-17(16-9-5-2-6-10-16)13-20-18(21)11-12-22-14-15-7-3-1-4-8-15;/h1-10,17H,11-14,19H2,(H,20,21);1H. The van der Waals surface area contributed by atoms with E-state index in [0.717, 1.165) is 11.1 Å². The topological polar surface area (TPSA) is 64.3 Å². The monoisotopic (exact) mass is 334 g/mol. The van der Waals surface area contributed by atoms with Crippen LogP contribution in [0.4, 0.5) is 0 Å². The molecule has 0 aliphatic heterocycles. The van der Waals surface area contributed by atoms with Crippen molar-refractivity contribution in [3.8, 4) is 0 Å². The number of halogens is 1. The van der Waals surface area contributed by atoms with Gasteiger partial charge in [0.2, 0.25) is 5.91 Å². The van der Waals surface area contributed by atoms with Crippen LogP contribution in [0.25, 0.3) is 0 Å². The maximum atomic E-state index is 11.7. The molecule has 1 atom stereocenters. The van der Waals surface area contributed by atoms with Crippen LogP contribution in [0.1, 0.15) is 23.6 Å². The fraction of sp³-hybridized carbons (Fsp3) is 0.278. The molecule has 1 amide bonds. The van der Waals surface area contributed by atoms with Crippen LogP contribution in [0, 0.1) is 0 Å². The molecule has 4 nitrogen and oxygen atoms in total. The van der Waals surface area contributed by atoms with E-state index >= 15 is 0 Å². The first-order chi connectivity index (χ1) is 10.8. The van der Waals surface area contributed by atoms with Crippen LogP contribution in [0.2, 0.25) is 0 Å². The molecule has 0 heterocycles. The van der Waals surface area contributed by atoms with Gasteiger partial charge in [0.25, 0.3) is 0 Å². The van der Waals surface area contributed by atoms with E-state index < -0.39 is 0 Å². The molecule has 0 aromatic heterocycles. The number of amides is 1. The second-order valence-corrected chi connectivity index (χ2v) is 5.11. The zero-order chi connectivity index (χ0) is 15.6. The van der Waals surface area contributed by atoms with E-state index in [0.29, 0.717) is 26.2 Å². The van der Waals surface area contributed by atoms with Gasteiger partial charge < -0.3 is 15.8 Å². The highest BCUT2D eigenvalue weighted by molar-refractivity contribution is 5.85. The number of benzene rings is 2. The lowest BCUT2D eigenvalue weighted by Crippen LogP contribution is -2.32. The van der Waals surface area contributed by atoms with Crippen molar-refractivity contribution in [3.63, 3.8) is 0 Å². The van der Waals surface area contributed by atoms with Crippen molar-refractivity contribution in [2.45, 2.75) is 19.1 Å². The Balaban J connectivity index is 0.00000264. The highest BCUT2D eigenvalue weighted by Crippen LogP contribution is 2.07. The van der Waals surface area contributed by atoms with E-state index in [1.54, 1.807) is 0 Å². The lowest BCUT2D eigenvalue weighted by atomic mass is 10.1. The van der Waals surface area contributed by atoms with Crippen LogP contribution in [0.5, 0.6) is 0 Å². The van der Waals surface area contributed by atoms with Crippen molar-refractivity contribution in [2.24, 2.45) is 5.73 Å². The zero-order valence-corrected chi connectivity index (χ0v) is 13.8. The Morgan fingerprint density at radius 1 is 1.04 bits per heavy atom. The third-order valence-corrected chi connectivity index (χ3v) is 3.33. The first kappa shape index (κ1) is 19.2. The maximum Gasteiger partial charge on any atom is 0.222 e. The molecule has 0 aliphatic carbocycles. The summed E-state index contributed by atoms with van der Waals surface area (Å²) in [7, 11) is 0. The van der Waals surface area contributed by atoms with E-state index in [-0.39, 0.29) is 24.4 Å².